The van der Waals surface area contributed by atoms with Crippen LogP contribution in [0.2, 0.25) is 0 Å². The zero-order valence-electron chi connectivity index (χ0n) is 13.3. The molecular weight excluding hydrogens is 330 g/mol. The molecule has 1 aromatic heterocycles. The number of rotatable bonds is 7. The molecule has 0 unspecified atom stereocenters. The highest BCUT2D eigenvalue weighted by molar-refractivity contribution is 7.15. The highest BCUT2D eigenvalue weighted by Crippen LogP contribution is 2.16. The number of para-hydroxylation sites is 1. The summed E-state index contributed by atoms with van der Waals surface area (Å²) >= 11 is 1.15. The van der Waals surface area contributed by atoms with E-state index in [1.807, 2.05) is 18.2 Å². The van der Waals surface area contributed by atoms with Crippen LogP contribution in [0.1, 0.15) is 23.9 Å². The van der Waals surface area contributed by atoms with E-state index in [4.69, 9.17) is 4.74 Å². The van der Waals surface area contributed by atoms with Crippen molar-refractivity contribution in [2.24, 2.45) is 5.10 Å². The molecule has 0 aliphatic heterocycles. The number of hydrogen-bond donors (Lipinski definition) is 2. The number of carbonyl (C=O) groups excluding carboxylic acids is 2. The van der Waals surface area contributed by atoms with Gasteiger partial charge in [-0.15, -0.1) is 10.2 Å². The number of methoxy groups -OCH3 is 1. The minimum absolute atomic E-state index is 0.0307. The van der Waals surface area contributed by atoms with Crippen molar-refractivity contribution >= 4 is 34.5 Å². The van der Waals surface area contributed by atoms with Crippen LogP contribution in [-0.2, 0) is 16.0 Å². The van der Waals surface area contributed by atoms with Crippen LogP contribution in [0.4, 0.5) is 5.13 Å². The Morgan fingerprint density at radius 2 is 2.08 bits per heavy atom. The summed E-state index contributed by atoms with van der Waals surface area (Å²) in [4.78, 5) is 23.1. The maximum Gasteiger partial charge on any atom is 0.247 e. The number of benzene rings is 1. The number of carbonyl (C=O) groups is 2. The molecule has 0 aliphatic rings. The van der Waals surface area contributed by atoms with E-state index in [0.29, 0.717) is 22.3 Å². The van der Waals surface area contributed by atoms with Crippen LogP contribution >= 0.6 is 11.3 Å². The van der Waals surface area contributed by atoms with Gasteiger partial charge < -0.3 is 10.1 Å². The molecule has 2 N–H and O–H groups in total. The number of amides is 2. The van der Waals surface area contributed by atoms with Crippen molar-refractivity contribution in [3.05, 3.63) is 34.8 Å². The number of nitrogens with zero attached hydrogens (tertiary/aromatic N) is 3. The predicted molar refractivity (Wildman–Crippen MR) is 91.3 cm³/mol. The standard InChI is InChI=1S/C15H17N5O3S/c1-3-12(21)17-15-20-19-14(24-15)8-13(22)18-16-9-10-6-4-5-7-11(10)23-2/h4-7,9H,3,8H2,1-2H3,(H,18,22)(H,17,20,21)/b16-9-. The number of nitrogens with one attached hydrogen (secondary N) is 2. The monoisotopic (exact) mass is 347 g/mol. The van der Waals surface area contributed by atoms with Gasteiger partial charge in [0.2, 0.25) is 16.9 Å². The molecule has 0 saturated carbocycles. The van der Waals surface area contributed by atoms with Gasteiger partial charge in [0.05, 0.1) is 19.7 Å². The average molecular weight is 347 g/mol. The number of hydrogen-bond acceptors (Lipinski definition) is 7. The van der Waals surface area contributed by atoms with E-state index in [1.165, 1.54) is 6.21 Å². The van der Waals surface area contributed by atoms with Gasteiger partial charge in [-0.1, -0.05) is 30.4 Å². The van der Waals surface area contributed by atoms with E-state index in [2.05, 4.69) is 26.0 Å². The Morgan fingerprint density at radius 1 is 1.29 bits per heavy atom. The summed E-state index contributed by atoms with van der Waals surface area (Å²) in [6.07, 6.45) is 1.89. The summed E-state index contributed by atoms with van der Waals surface area (Å²) in [6.45, 7) is 1.74. The summed E-state index contributed by atoms with van der Waals surface area (Å²) < 4.78 is 5.19. The minimum Gasteiger partial charge on any atom is -0.496 e. The molecular formula is C15H17N5O3S. The van der Waals surface area contributed by atoms with E-state index < -0.39 is 0 Å². The van der Waals surface area contributed by atoms with Gasteiger partial charge in [-0.05, 0) is 12.1 Å². The smallest absolute Gasteiger partial charge is 0.247 e. The molecule has 0 saturated heterocycles. The molecule has 2 aromatic rings. The number of aromatic nitrogens is 2. The van der Waals surface area contributed by atoms with Crippen molar-refractivity contribution in [3.8, 4) is 5.75 Å². The van der Waals surface area contributed by atoms with Gasteiger partial charge in [-0.3, -0.25) is 9.59 Å². The van der Waals surface area contributed by atoms with Crippen LogP contribution in [-0.4, -0.2) is 35.3 Å². The third-order valence-corrected chi connectivity index (χ3v) is 3.72. The second kappa shape index (κ2) is 8.73. The van der Waals surface area contributed by atoms with Crippen LogP contribution < -0.4 is 15.5 Å². The van der Waals surface area contributed by atoms with Gasteiger partial charge in [0, 0.05) is 12.0 Å². The Kier molecular flexibility index (Phi) is 6.38. The highest BCUT2D eigenvalue weighted by Gasteiger charge is 2.10. The lowest BCUT2D eigenvalue weighted by atomic mass is 10.2. The predicted octanol–water partition coefficient (Wildman–Crippen LogP) is 1.59. The van der Waals surface area contributed by atoms with Crippen LogP contribution in [0.15, 0.2) is 29.4 Å². The van der Waals surface area contributed by atoms with Gasteiger partial charge in [0.1, 0.15) is 10.8 Å². The maximum atomic E-state index is 11.8. The fraction of sp³-hybridized carbons (Fsp3) is 0.267. The third kappa shape index (κ3) is 5.13. The Bertz CT molecular complexity index is 744. The van der Waals surface area contributed by atoms with Gasteiger partial charge in [-0.25, -0.2) is 5.43 Å². The molecule has 1 aromatic carbocycles. The molecule has 0 spiro atoms. The molecule has 0 fully saturated rings. The van der Waals surface area contributed by atoms with Gasteiger partial charge in [0.25, 0.3) is 0 Å². The van der Waals surface area contributed by atoms with Crippen LogP contribution in [0.3, 0.4) is 0 Å². The molecule has 2 rings (SSSR count). The lowest BCUT2D eigenvalue weighted by Gasteiger charge is -2.02. The highest BCUT2D eigenvalue weighted by atomic mass is 32.1. The molecule has 24 heavy (non-hydrogen) atoms. The van der Waals surface area contributed by atoms with E-state index in [9.17, 15) is 9.59 Å². The normalized spacial score (nSPS) is 10.6. The quantitative estimate of drug-likeness (QED) is 0.584. The minimum atomic E-state index is -0.328. The summed E-state index contributed by atoms with van der Waals surface area (Å²) in [5, 5.41) is 15.0. The molecule has 1 heterocycles. The van der Waals surface area contributed by atoms with Crippen molar-refractivity contribution in [1.29, 1.82) is 0 Å². The lowest BCUT2D eigenvalue weighted by Crippen LogP contribution is -2.19. The number of hydrazone groups is 1. The zero-order chi connectivity index (χ0) is 17.4. The Labute approximate surface area is 142 Å². The molecule has 126 valence electrons. The first kappa shape index (κ1) is 17.5. The number of anilines is 1. The van der Waals surface area contributed by atoms with Crippen molar-refractivity contribution < 1.29 is 14.3 Å². The molecule has 0 atom stereocenters. The largest absolute Gasteiger partial charge is 0.496 e. The summed E-state index contributed by atoms with van der Waals surface area (Å²) in [5.74, 6) is 0.185. The zero-order valence-corrected chi connectivity index (χ0v) is 14.1. The summed E-state index contributed by atoms with van der Waals surface area (Å²) in [7, 11) is 1.57. The van der Waals surface area contributed by atoms with Gasteiger partial charge in [0.15, 0.2) is 0 Å². The first-order valence-electron chi connectivity index (χ1n) is 7.19. The van der Waals surface area contributed by atoms with Crippen LogP contribution in [0.25, 0.3) is 0 Å². The van der Waals surface area contributed by atoms with Crippen molar-refractivity contribution in [3.63, 3.8) is 0 Å². The van der Waals surface area contributed by atoms with Crippen molar-refractivity contribution in [2.45, 2.75) is 19.8 Å². The summed E-state index contributed by atoms with van der Waals surface area (Å²) in [5.41, 5.74) is 3.17. The molecule has 0 aliphatic carbocycles. The summed E-state index contributed by atoms with van der Waals surface area (Å²) in [6, 6.07) is 7.32. The average Bonchev–Trinajstić information content (AvgIpc) is 3.01. The lowest BCUT2D eigenvalue weighted by molar-refractivity contribution is -0.120. The topological polar surface area (TPSA) is 106 Å². The van der Waals surface area contributed by atoms with Gasteiger partial charge >= 0.3 is 0 Å². The number of ether oxygens (including phenoxy) is 1. The van der Waals surface area contributed by atoms with E-state index in [0.717, 1.165) is 16.9 Å². The third-order valence-electron chi connectivity index (χ3n) is 2.88. The SMILES string of the molecule is CCC(=O)Nc1nnc(CC(=O)N/N=C\c2ccccc2OC)s1. The first-order valence-corrected chi connectivity index (χ1v) is 8.01. The van der Waals surface area contributed by atoms with Crippen LogP contribution in [0.5, 0.6) is 5.75 Å². The maximum absolute atomic E-state index is 11.8. The van der Waals surface area contributed by atoms with Crippen LogP contribution in [0, 0.1) is 0 Å². The fourth-order valence-corrected chi connectivity index (χ4v) is 2.46. The second-order valence-corrected chi connectivity index (χ2v) is 5.68. The second-order valence-electron chi connectivity index (χ2n) is 4.61. The molecule has 2 amide bonds. The molecule has 9 heteroatoms. The fourth-order valence-electron chi connectivity index (χ4n) is 1.71. The molecule has 0 radical (unpaired) electrons. The van der Waals surface area contributed by atoms with Crippen molar-refractivity contribution in [1.82, 2.24) is 15.6 Å². The van der Waals surface area contributed by atoms with Crippen molar-refractivity contribution in [2.75, 3.05) is 12.4 Å². The van der Waals surface area contributed by atoms with E-state index in [1.54, 1.807) is 20.1 Å². The first-order chi connectivity index (χ1) is 11.6. The Balaban J connectivity index is 1.87. The van der Waals surface area contributed by atoms with E-state index >= 15 is 0 Å². The van der Waals surface area contributed by atoms with E-state index in [-0.39, 0.29) is 18.2 Å². The molecule has 0 bridgehead atoms. The Hall–Kier alpha value is -2.81. The Morgan fingerprint density at radius 3 is 2.83 bits per heavy atom. The molecule has 8 nitrogen and oxygen atoms in total. The van der Waals surface area contributed by atoms with Gasteiger partial charge in [-0.2, -0.15) is 5.10 Å².